The number of carboxylic acid groups (broad SMARTS) is 1. The summed E-state index contributed by atoms with van der Waals surface area (Å²) in [7, 11) is 0. The molecule has 0 bridgehead atoms. The molecule has 1 heterocycles. The van der Waals surface area contributed by atoms with E-state index in [1.165, 1.54) is 0 Å². The van der Waals surface area contributed by atoms with Crippen molar-refractivity contribution in [2.24, 2.45) is 0 Å². The van der Waals surface area contributed by atoms with E-state index in [9.17, 15) is 9.59 Å². The highest BCUT2D eigenvalue weighted by Crippen LogP contribution is 2.14. The molecule has 1 aliphatic rings. The zero-order valence-corrected chi connectivity index (χ0v) is 10.6. The Kier molecular flexibility index (Phi) is 4.52. The predicted molar refractivity (Wildman–Crippen MR) is 68.5 cm³/mol. The fraction of sp³-hybridized carbons (Fsp3) is 0.429. The number of nitrogens with zero attached hydrogens (tertiary/aromatic N) is 1. The Balaban J connectivity index is 1.94. The number of likely N-dealkylation sites (tertiary alicyclic amines) is 1. The number of carbonyl (C=O) groups is 2. The number of ether oxygens (including phenoxy) is 1. The molecule has 0 radical (unpaired) electrons. The van der Waals surface area contributed by atoms with E-state index < -0.39 is 18.0 Å². The lowest BCUT2D eigenvalue weighted by Crippen LogP contribution is -2.46. The van der Waals surface area contributed by atoms with Gasteiger partial charge in [-0.1, -0.05) is 30.3 Å². The first-order chi connectivity index (χ1) is 9.18. The van der Waals surface area contributed by atoms with Gasteiger partial charge in [-0.25, -0.2) is 9.59 Å². The smallest absolute Gasteiger partial charge is 0.335 e. The normalized spacial score (nSPS) is 17.1. The number of benzene rings is 1. The van der Waals surface area contributed by atoms with Gasteiger partial charge in [-0.3, -0.25) is 4.90 Å². The number of carbonyl (C=O) groups excluding carboxylic acids is 1. The van der Waals surface area contributed by atoms with Gasteiger partial charge in [-0.2, -0.15) is 0 Å². The van der Waals surface area contributed by atoms with Gasteiger partial charge in [-0.05, 0) is 31.5 Å². The van der Waals surface area contributed by atoms with Crippen LogP contribution in [0.25, 0.3) is 0 Å². The molecule has 5 nitrogen and oxygen atoms in total. The zero-order valence-electron chi connectivity index (χ0n) is 10.6. The molecule has 0 amide bonds. The van der Waals surface area contributed by atoms with E-state index in [2.05, 4.69) is 0 Å². The number of esters is 1. The van der Waals surface area contributed by atoms with Crippen molar-refractivity contribution >= 4 is 11.9 Å². The van der Waals surface area contributed by atoms with Crippen molar-refractivity contribution in [3.8, 4) is 0 Å². The fourth-order valence-electron chi connectivity index (χ4n) is 2.21. The van der Waals surface area contributed by atoms with E-state index in [0.29, 0.717) is 13.1 Å². The summed E-state index contributed by atoms with van der Waals surface area (Å²) in [4.78, 5) is 24.8. The Morgan fingerprint density at radius 1 is 1.21 bits per heavy atom. The second kappa shape index (κ2) is 6.33. The van der Waals surface area contributed by atoms with Gasteiger partial charge >= 0.3 is 11.9 Å². The van der Waals surface area contributed by atoms with Crippen LogP contribution in [-0.4, -0.2) is 41.1 Å². The number of hydrogen-bond donors (Lipinski definition) is 1. The van der Waals surface area contributed by atoms with Gasteiger partial charge in [-0.15, -0.1) is 0 Å². The van der Waals surface area contributed by atoms with Crippen LogP contribution in [-0.2, 0) is 20.9 Å². The average Bonchev–Trinajstić information content (AvgIpc) is 2.91. The van der Waals surface area contributed by atoms with E-state index in [1.807, 2.05) is 30.3 Å². The quantitative estimate of drug-likeness (QED) is 0.640. The Morgan fingerprint density at radius 2 is 1.84 bits per heavy atom. The molecular formula is C14H17NO4. The minimum Gasteiger partial charge on any atom is -0.480 e. The molecule has 1 atom stereocenters. The zero-order chi connectivity index (χ0) is 13.7. The summed E-state index contributed by atoms with van der Waals surface area (Å²) in [6.45, 7) is 1.38. The third kappa shape index (κ3) is 3.54. The SMILES string of the molecule is O=C(O)[C@@H](C(=O)OCc1ccccc1)N1CCCC1. The first kappa shape index (κ1) is 13.5. The van der Waals surface area contributed by atoms with Gasteiger partial charge in [0.1, 0.15) is 6.61 Å². The minimum atomic E-state index is -1.17. The van der Waals surface area contributed by atoms with Crippen molar-refractivity contribution in [1.82, 2.24) is 4.90 Å². The maximum atomic E-state index is 11.9. The molecule has 0 aromatic heterocycles. The fourth-order valence-corrected chi connectivity index (χ4v) is 2.21. The summed E-state index contributed by atoms with van der Waals surface area (Å²) in [5.41, 5.74) is 0.849. The molecule has 1 aromatic carbocycles. The van der Waals surface area contributed by atoms with Crippen LogP contribution in [0, 0.1) is 0 Å². The lowest BCUT2D eigenvalue weighted by Gasteiger charge is -2.21. The van der Waals surface area contributed by atoms with Crippen LogP contribution < -0.4 is 0 Å². The molecule has 0 saturated carbocycles. The summed E-state index contributed by atoms with van der Waals surface area (Å²) in [5, 5.41) is 9.16. The van der Waals surface area contributed by atoms with Gasteiger partial charge in [0.05, 0.1) is 0 Å². The van der Waals surface area contributed by atoms with E-state index in [0.717, 1.165) is 18.4 Å². The molecule has 2 rings (SSSR count). The summed E-state index contributed by atoms with van der Waals surface area (Å²) >= 11 is 0. The first-order valence-corrected chi connectivity index (χ1v) is 6.36. The van der Waals surface area contributed by atoms with E-state index >= 15 is 0 Å². The molecule has 1 aliphatic heterocycles. The summed E-state index contributed by atoms with van der Waals surface area (Å²) < 4.78 is 5.10. The van der Waals surface area contributed by atoms with E-state index in [1.54, 1.807) is 4.90 Å². The third-order valence-electron chi connectivity index (χ3n) is 3.19. The van der Waals surface area contributed by atoms with Crippen LogP contribution in [0.3, 0.4) is 0 Å². The van der Waals surface area contributed by atoms with Crippen molar-refractivity contribution < 1.29 is 19.4 Å². The summed E-state index contributed by atoms with van der Waals surface area (Å²) in [5.74, 6) is -1.82. The minimum absolute atomic E-state index is 0.108. The van der Waals surface area contributed by atoms with Crippen molar-refractivity contribution in [1.29, 1.82) is 0 Å². The Hall–Kier alpha value is -1.88. The van der Waals surface area contributed by atoms with Gasteiger partial charge in [0.2, 0.25) is 6.04 Å². The monoisotopic (exact) mass is 263 g/mol. The summed E-state index contributed by atoms with van der Waals surface area (Å²) in [6, 6.07) is 8.05. The molecule has 0 spiro atoms. The highest BCUT2D eigenvalue weighted by molar-refractivity contribution is 5.98. The number of carboxylic acids is 1. The Bertz CT molecular complexity index is 440. The highest BCUT2D eigenvalue weighted by atomic mass is 16.5. The standard InChI is InChI=1S/C14H17NO4/c16-13(17)12(15-8-4-5-9-15)14(18)19-10-11-6-2-1-3-7-11/h1-3,6-7,12H,4-5,8-10H2,(H,16,17)/t12-/m0/s1. The van der Waals surface area contributed by atoms with Gasteiger partial charge in [0, 0.05) is 0 Å². The number of aliphatic carboxylic acids is 1. The van der Waals surface area contributed by atoms with Crippen LogP contribution in [0.2, 0.25) is 0 Å². The largest absolute Gasteiger partial charge is 0.480 e. The second-order valence-corrected chi connectivity index (χ2v) is 4.58. The first-order valence-electron chi connectivity index (χ1n) is 6.36. The predicted octanol–water partition coefficient (Wildman–Crippen LogP) is 1.28. The molecule has 19 heavy (non-hydrogen) atoms. The Morgan fingerprint density at radius 3 is 2.42 bits per heavy atom. The third-order valence-corrected chi connectivity index (χ3v) is 3.19. The molecule has 1 saturated heterocycles. The number of hydrogen-bond acceptors (Lipinski definition) is 4. The summed E-state index contributed by atoms with van der Waals surface area (Å²) in [6.07, 6.45) is 1.85. The lowest BCUT2D eigenvalue weighted by atomic mass is 10.2. The molecule has 1 N–H and O–H groups in total. The molecule has 5 heteroatoms. The maximum absolute atomic E-state index is 11.9. The van der Waals surface area contributed by atoms with Crippen LogP contribution >= 0.6 is 0 Å². The lowest BCUT2D eigenvalue weighted by molar-refractivity contribution is -0.161. The van der Waals surface area contributed by atoms with Crippen molar-refractivity contribution in [2.75, 3.05) is 13.1 Å². The topological polar surface area (TPSA) is 66.8 Å². The van der Waals surface area contributed by atoms with Gasteiger partial charge in [0.15, 0.2) is 0 Å². The molecule has 0 unspecified atom stereocenters. The van der Waals surface area contributed by atoms with Gasteiger partial charge in [0.25, 0.3) is 0 Å². The van der Waals surface area contributed by atoms with Crippen LogP contribution in [0.1, 0.15) is 18.4 Å². The van der Waals surface area contributed by atoms with Crippen molar-refractivity contribution in [3.05, 3.63) is 35.9 Å². The highest BCUT2D eigenvalue weighted by Gasteiger charge is 2.35. The van der Waals surface area contributed by atoms with E-state index in [-0.39, 0.29) is 6.61 Å². The van der Waals surface area contributed by atoms with Crippen LogP contribution in [0.5, 0.6) is 0 Å². The molecule has 1 fully saturated rings. The number of rotatable bonds is 5. The molecule has 0 aliphatic carbocycles. The average molecular weight is 263 g/mol. The second-order valence-electron chi connectivity index (χ2n) is 4.58. The maximum Gasteiger partial charge on any atom is 0.335 e. The van der Waals surface area contributed by atoms with Crippen LogP contribution in [0.15, 0.2) is 30.3 Å². The molecule has 1 aromatic rings. The van der Waals surface area contributed by atoms with Gasteiger partial charge < -0.3 is 9.84 Å². The van der Waals surface area contributed by atoms with Crippen LogP contribution in [0.4, 0.5) is 0 Å². The Labute approximate surface area is 111 Å². The molecule has 102 valence electrons. The molecular weight excluding hydrogens is 246 g/mol. The van der Waals surface area contributed by atoms with E-state index in [4.69, 9.17) is 9.84 Å². The van der Waals surface area contributed by atoms with Crippen molar-refractivity contribution in [3.63, 3.8) is 0 Å². The van der Waals surface area contributed by atoms with Crippen molar-refractivity contribution in [2.45, 2.75) is 25.5 Å².